The Morgan fingerprint density at radius 2 is 0.683 bits per heavy atom. The molecule has 0 radical (unpaired) electrons. The van der Waals surface area contributed by atoms with Gasteiger partial charge in [-0.3, -0.25) is 9.13 Å². The zero-order valence-corrected chi connectivity index (χ0v) is 33.3. The van der Waals surface area contributed by atoms with Gasteiger partial charge in [0.15, 0.2) is 0 Å². The molecular weight excluding hydrogens is 729 g/mol. The molecule has 282 valence electrons. The fraction of sp³-hybridized carbons (Fsp3) is 0.0357. The second kappa shape index (κ2) is 13.4. The molecule has 0 N–H and O–H groups in total. The average Bonchev–Trinajstić information content (AvgIpc) is 3.82. The van der Waals surface area contributed by atoms with E-state index in [0.717, 1.165) is 55.9 Å². The monoisotopic (exact) mass is 766 g/mol. The average molecular weight is 767 g/mol. The van der Waals surface area contributed by atoms with Crippen molar-refractivity contribution >= 4 is 65.2 Å². The van der Waals surface area contributed by atoms with Crippen LogP contribution in [0, 0.1) is 13.8 Å². The molecule has 0 unspecified atom stereocenters. The first-order valence-corrected chi connectivity index (χ1v) is 20.6. The third kappa shape index (κ3) is 5.11. The predicted octanol–water partition coefficient (Wildman–Crippen LogP) is 14.6. The van der Waals surface area contributed by atoms with Crippen LogP contribution < -0.4 is 0 Å². The zero-order chi connectivity index (χ0) is 39.9. The highest BCUT2D eigenvalue weighted by Crippen LogP contribution is 2.49. The van der Waals surface area contributed by atoms with E-state index in [1.54, 1.807) is 0 Å². The summed E-state index contributed by atoms with van der Waals surface area (Å²) in [5.74, 6) is 1.90. The van der Waals surface area contributed by atoms with Gasteiger partial charge in [0, 0.05) is 10.8 Å². The third-order valence-corrected chi connectivity index (χ3v) is 12.4. The molecule has 0 bridgehead atoms. The van der Waals surface area contributed by atoms with Gasteiger partial charge in [0.05, 0.1) is 33.4 Å². The predicted molar refractivity (Wildman–Crippen MR) is 252 cm³/mol. The van der Waals surface area contributed by atoms with E-state index in [9.17, 15) is 0 Å². The highest BCUT2D eigenvalue weighted by molar-refractivity contribution is 6.27. The second-order valence-corrected chi connectivity index (χ2v) is 15.7. The summed E-state index contributed by atoms with van der Waals surface area (Å²) in [5.41, 5.74) is 13.6. The molecule has 0 spiro atoms. The first-order valence-electron chi connectivity index (χ1n) is 20.6. The van der Waals surface area contributed by atoms with Crippen LogP contribution in [-0.4, -0.2) is 19.1 Å². The Morgan fingerprint density at radius 1 is 0.317 bits per heavy atom. The normalized spacial score (nSPS) is 11.8. The highest BCUT2D eigenvalue weighted by atomic mass is 15.1. The lowest BCUT2D eigenvalue weighted by molar-refractivity contribution is 1.01. The SMILES string of the molecule is Cc1nc2ccccc2n1-c1cccc2c(-c3c4cccc(-c5ccccc5)c4cc4c(-c5ccccc5)cccc34)c3cccc(-n4c(C)nc5ccccc54)c3cc12. The Hall–Kier alpha value is -7.82. The Kier molecular flexibility index (Phi) is 7.63. The molecule has 0 aliphatic heterocycles. The van der Waals surface area contributed by atoms with Gasteiger partial charge in [0.25, 0.3) is 0 Å². The number of imidazole rings is 2. The van der Waals surface area contributed by atoms with E-state index >= 15 is 0 Å². The molecule has 0 amide bonds. The Labute approximate surface area is 347 Å². The van der Waals surface area contributed by atoms with Crippen molar-refractivity contribution in [2.24, 2.45) is 0 Å². The number of benzene rings is 10. The number of nitrogens with zero attached hydrogens (tertiary/aromatic N) is 4. The molecule has 2 heterocycles. The van der Waals surface area contributed by atoms with Crippen molar-refractivity contribution < 1.29 is 0 Å². The van der Waals surface area contributed by atoms with Crippen LogP contribution in [0.5, 0.6) is 0 Å². The van der Waals surface area contributed by atoms with Crippen molar-refractivity contribution in [3.63, 3.8) is 0 Å². The summed E-state index contributed by atoms with van der Waals surface area (Å²) in [6, 6.07) is 70.6. The van der Waals surface area contributed by atoms with Crippen molar-refractivity contribution in [1.82, 2.24) is 19.1 Å². The highest BCUT2D eigenvalue weighted by Gasteiger charge is 2.23. The van der Waals surface area contributed by atoms with Gasteiger partial charge < -0.3 is 0 Å². The molecule has 12 aromatic rings. The largest absolute Gasteiger partial charge is 0.296 e. The molecular formula is C56H38N4. The van der Waals surface area contributed by atoms with Crippen LogP contribution in [0.15, 0.2) is 194 Å². The van der Waals surface area contributed by atoms with Crippen LogP contribution >= 0.6 is 0 Å². The van der Waals surface area contributed by atoms with Crippen LogP contribution in [-0.2, 0) is 0 Å². The number of hydrogen-bond donors (Lipinski definition) is 0. The summed E-state index contributed by atoms with van der Waals surface area (Å²) in [6.45, 7) is 4.23. The van der Waals surface area contributed by atoms with Gasteiger partial charge in [-0.2, -0.15) is 0 Å². The smallest absolute Gasteiger partial charge is 0.111 e. The lowest BCUT2D eigenvalue weighted by atomic mass is 9.83. The van der Waals surface area contributed by atoms with E-state index in [4.69, 9.17) is 9.97 Å². The molecule has 60 heavy (non-hydrogen) atoms. The van der Waals surface area contributed by atoms with Crippen LogP contribution in [0.1, 0.15) is 11.6 Å². The number of fused-ring (bicyclic) bond motifs is 6. The van der Waals surface area contributed by atoms with Crippen molar-refractivity contribution in [2.45, 2.75) is 13.8 Å². The summed E-state index contributed by atoms with van der Waals surface area (Å²) in [5, 5.41) is 9.56. The Morgan fingerprint density at radius 3 is 1.13 bits per heavy atom. The first kappa shape index (κ1) is 34.2. The van der Waals surface area contributed by atoms with E-state index in [1.165, 1.54) is 65.7 Å². The maximum Gasteiger partial charge on any atom is 0.111 e. The maximum absolute atomic E-state index is 5.05. The first-order chi connectivity index (χ1) is 29.6. The Bertz CT molecular complexity index is 3430. The number of aromatic nitrogens is 4. The number of rotatable bonds is 5. The summed E-state index contributed by atoms with van der Waals surface area (Å²) < 4.78 is 4.66. The zero-order valence-electron chi connectivity index (χ0n) is 33.3. The van der Waals surface area contributed by atoms with Crippen molar-refractivity contribution in [2.75, 3.05) is 0 Å². The topological polar surface area (TPSA) is 35.6 Å². The maximum atomic E-state index is 5.05. The van der Waals surface area contributed by atoms with Crippen molar-refractivity contribution in [3.05, 3.63) is 206 Å². The molecule has 0 aliphatic carbocycles. The second-order valence-electron chi connectivity index (χ2n) is 15.7. The van der Waals surface area contributed by atoms with Crippen LogP contribution in [0.25, 0.3) is 110 Å². The molecule has 0 fully saturated rings. The van der Waals surface area contributed by atoms with Gasteiger partial charge in [-0.25, -0.2) is 9.97 Å². The third-order valence-electron chi connectivity index (χ3n) is 12.4. The fourth-order valence-corrected chi connectivity index (χ4v) is 9.87. The van der Waals surface area contributed by atoms with Crippen LogP contribution in [0.2, 0.25) is 0 Å². The van der Waals surface area contributed by atoms with E-state index in [0.29, 0.717) is 0 Å². The molecule has 12 rings (SSSR count). The van der Waals surface area contributed by atoms with Gasteiger partial charge in [-0.1, -0.05) is 146 Å². The van der Waals surface area contributed by atoms with Gasteiger partial charge in [-0.15, -0.1) is 0 Å². The van der Waals surface area contributed by atoms with Crippen LogP contribution in [0.4, 0.5) is 0 Å². The van der Waals surface area contributed by atoms with E-state index in [2.05, 4.69) is 217 Å². The molecule has 0 atom stereocenters. The number of para-hydroxylation sites is 4. The molecule has 4 nitrogen and oxygen atoms in total. The van der Waals surface area contributed by atoms with Crippen LogP contribution in [0.3, 0.4) is 0 Å². The van der Waals surface area contributed by atoms with E-state index in [1.807, 2.05) is 0 Å². The minimum Gasteiger partial charge on any atom is -0.296 e. The molecule has 2 aromatic heterocycles. The summed E-state index contributed by atoms with van der Waals surface area (Å²) in [4.78, 5) is 10.1. The van der Waals surface area contributed by atoms with Gasteiger partial charge in [0.2, 0.25) is 0 Å². The molecule has 0 aliphatic rings. The standard InChI is InChI=1S/C56H38N4/c1-35-57-49-27-9-11-29-53(49)59(35)51-31-15-25-43-47(51)34-48-44(26-16-32-52(48)60-36(2)58-50-28-10-12-30-54(50)60)56(43)55-41-23-13-21-39(37-17-5-3-6-18-37)45(41)33-46-40(22-14-24-42(46)55)38-19-7-4-8-20-38/h3-34H,1-2H3. The van der Waals surface area contributed by atoms with Gasteiger partial charge in [-0.05, 0) is 128 Å². The lowest BCUT2D eigenvalue weighted by Gasteiger charge is -2.22. The Balaban J connectivity index is 1.31. The number of hydrogen-bond acceptors (Lipinski definition) is 2. The molecule has 4 heteroatoms. The molecule has 0 saturated carbocycles. The molecule has 10 aromatic carbocycles. The van der Waals surface area contributed by atoms with Crippen molar-refractivity contribution in [1.29, 1.82) is 0 Å². The fourth-order valence-electron chi connectivity index (χ4n) is 9.87. The minimum atomic E-state index is 0.950. The summed E-state index contributed by atoms with van der Waals surface area (Å²) >= 11 is 0. The van der Waals surface area contributed by atoms with Gasteiger partial charge in [0.1, 0.15) is 11.6 Å². The summed E-state index contributed by atoms with van der Waals surface area (Å²) in [6.07, 6.45) is 0. The lowest BCUT2D eigenvalue weighted by Crippen LogP contribution is -2.01. The van der Waals surface area contributed by atoms with E-state index in [-0.39, 0.29) is 0 Å². The molecule has 0 saturated heterocycles. The minimum absolute atomic E-state index is 0.950. The summed E-state index contributed by atoms with van der Waals surface area (Å²) in [7, 11) is 0. The van der Waals surface area contributed by atoms with E-state index < -0.39 is 0 Å². The van der Waals surface area contributed by atoms with Gasteiger partial charge >= 0.3 is 0 Å². The quantitative estimate of drug-likeness (QED) is 0.164. The number of aryl methyl sites for hydroxylation is 2. The van der Waals surface area contributed by atoms with Crippen molar-refractivity contribution in [3.8, 4) is 44.8 Å².